The lowest BCUT2D eigenvalue weighted by atomic mass is 9.95. The number of esters is 1. The third kappa shape index (κ3) is 4.87. The Balaban J connectivity index is 1.45. The molecule has 0 saturated carbocycles. The SMILES string of the molecule is CC(=O)N(c1nc(COC(=O)Cc2coc3cc(C)c(C(C)C)cc23)cs1)c1ccccc1F. The number of carbonyl (C=O) groups is 2. The summed E-state index contributed by atoms with van der Waals surface area (Å²) in [6.45, 7) is 7.60. The zero-order valence-corrected chi connectivity index (χ0v) is 20.2. The van der Waals surface area contributed by atoms with Crippen LogP contribution in [0.3, 0.4) is 0 Å². The van der Waals surface area contributed by atoms with Gasteiger partial charge in [0.15, 0.2) is 5.13 Å². The molecule has 0 saturated heterocycles. The minimum atomic E-state index is -0.524. The average molecular weight is 481 g/mol. The van der Waals surface area contributed by atoms with E-state index >= 15 is 0 Å². The number of hydrogen-bond acceptors (Lipinski definition) is 6. The first kappa shape index (κ1) is 23.6. The molecule has 0 fully saturated rings. The van der Waals surface area contributed by atoms with Crippen molar-refractivity contribution in [1.82, 2.24) is 4.98 Å². The molecule has 176 valence electrons. The number of hydrogen-bond donors (Lipinski definition) is 0. The van der Waals surface area contributed by atoms with Gasteiger partial charge in [0.2, 0.25) is 5.91 Å². The Bertz CT molecular complexity index is 1360. The van der Waals surface area contributed by atoms with Crippen molar-refractivity contribution in [3.05, 3.63) is 76.2 Å². The van der Waals surface area contributed by atoms with Crippen molar-refractivity contribution in [2.24, 2.45) is 0 Å². The Morgan fingerprint density at radius 2 is 2.00 bits per heavy atom. The molecule has 0 aliphatic carbocycles. The molecular weight excluding hydrogens is 455 g/mol. The molecule has 0 N–H and O–H groups in total. The van der Waals surface area contributed by atoms with Gasteiger partial charge in [-0.15, -0.1) is 11.3 Å². The van der Waals surface area contributed by atoms with E-state index in [1.165, 1.54) is 40.9 Å². The van der Waals surface area contributed by atoms with E-state index in [9.17, 15) is 14.0 Å². The molecule has 0 unspecified atom stereocenters. The molecule has 8 heteroatoms. The van der Waals surface area contributed by atoms with E-state index in [4.69, 9.17) is 9.15 Å². The quantitative estimate of drug-likeness (QED) is 0.285. The third-order valence-corrected chi connectivity index (χ3v) is 6.39. The number of para-hydroxylation sites is 1. The van der Waals surface area contributed by atoms with Crippen LogP contribution in [0.25, 0.3) is 11.0 Å². The number of nitrogens with zero attached hydrogens (tertiary/aromatic N) is 2. The smallest absolute Gasteiger partial charge is 0.310 e. The van der Waals surface area contributed by atoms with Crippen LogP contribution in [0.5, 0.6) is 0 Å². The summed E-state index contributed by atoms with van der Waals surface area (Å²) in [5.41, 5.74) is 4.47. The number of benzene rings is 2. The highest BCUT2D eigenvalue weighted by Crippen LogP contribution is 2.31. The standard InChI is InChI=1S/C26H25FN2O4S/c1-15(2)20-11-21-18(12-32-24(21)9-16(20)3)10-25(31)33-13-19-14-34-26(28-19)29(17(4)30)23-8-6-5-7-22(23)27/h5-9,11-12,14-15H,10,13H2,1-4H3. The fraction of sp³-hybridized carbons (Fsp3) is 0.269. The number of amides is 1. The number of aryl methyl sites for hydroxylation is 1. The van der Waals surface area contributed by atoms with Crippen LogP contribution >= 0.6 is 11.3 Å². The van der Waals surface area contributed by atoms with Gasteiger partial charge in [-0.05, 0) is 48.2 Å². The summed E-state index contributed by atoms with van der Waals surface area (Å²) in [7, 11) is 0. The zero-order chi connectivity index (χ0) is 24.4. The fourth-order valence-corrected chi connectivity index (χ4v) is 4.73. The Morgan fingerprint density at radius 1 is 1.24 bits per heavy atom. The molecule has 4 rings (SSSR count). The summed E-state index contributed by atoms with van der Waals surface area (Å²) >= 11 is 1.18. The summed E-state index contributed by atoms with van der Waals surface area (Å²) in [6.07, 6.45) is 1.66. The lowest BCUT2D eigenvalue weighted by Gasteiger charge is -2.18. The van der Waals surface area contributed by atoms with Gasteiger partial charge in [0.25, 0.3) is 0 Å². The Hall–Kier alpha value is -3.52. The number of halogens is 1. The molecule has 0 bridgehead atoms. The van der Waals surface area contributed by atoms with Gasteiger partial charge in [-0.3, -0.25) is 14.5 Å². The molecule has 2 aromatic carbocycles. The van der Waals surface area contributed by atoms with Gasteiger partial charge in [0.1, 0.15) is 18.0 Å². The van der Waals surface area contributed by atoms with E-state index in [0.29, 0.717) is 16.7 Å². The van der Waals surface area contributed by atoms with Crippen LogP contribution in [0.4, 0.5) is 15.2 Å². The Kier molecular flexibility index (Phi) is 6.79. The van der Waals surface area contributed by atoms with Crippen molar-refractivity contribution < 1.29 is 23.1 Å². The normalized spacial score (nSPS) is 11.2. The predicted octanol–water partition coefficient (Wildman–Crippen LogP) is 6.43. The van der Waals surface area contributed by atoms with Gasteiger partial charge < -0.3 is 9.15 Å². The van der Waals surface area contributed by atoms with Crippen molar-refractivity contribution in [3.8, 4) is 0 Å². The van der Waals surface area contributed by atoms with Crippen LogP contribution in [0.2, 0.25) is 0 Å². The van der Waals surface area contributed by atoms with Gasteiger partial charge in [0.05, 0.1) is 24.1 Å². The average Bonchev–Trinajstić information content (AvgIpc) is 3.40. The summed E-state index contributed by atoms with van der Waals surface area (Å²) < 4.78 is 25.3. The number of thiazole rings is 1. The van der Waals surface area contributed by atoms with E-state index in [-0.39, 0.29) is 24.6 Å². The minimum absolute atomic E-state index is 0.0511. The molecule has 0 atom stereocenters. The van der Waals surface area contributed by atoms with Crippen LogP contribution in [-0.2, 0) is 27.4 Å². The first-order valence-corrected chi connectivity index (χ1v) is 11.8. The van der Waals surface area contributed by atoms with Crippen molar-refractivity contribution in [3.63, 3.8) is 0 Å². The van der Waals surface area contributed by atoms with E-state index in [1.807, 2.05) is 13.0 Å². The molecule has 2 heterocycles. The minimum Gasteiger partial charge on any atom is -0.464 e. The monoisotopic (exact) mass is 480 g/mol. The summed E-state index contributed by atoms with van der Waals surface area (Å²) in [6, 6.07) is 10.1. The molecule has 1 amide bonds. The largest absolute Gasteiger partial charge is 0.464 e. The number of ether oxygens (including phenoxy) is 1. The van der Waals surface area contributed by atoms with E-state index in [2.05, 4.69) is 24.9 Å². The van der Waals surface area contributed by atoms with Gasteiger partial charge in [-0.2, -0.15) is 0 Å². The van der Waals surface area contributed by atoms with Crippen LogP contribution in [0, 0.1) is 12.7 Å². The van der Waals surface area contributed by atoms with Gasteiger partial charge in [-0.25, -0.2) is 9.37 Å². The first-order valence-electron chi connectivity index (χ1n) is 10.9. The summed E-state index contributed by atoms with van der Waals surface area (Å²) in [5.74, 6) is -0.951. The molecule has 2 aromatic heterocycles. The molecule has 0 aliphatic rings. The lowest BCUT2D eigenvalue weighted by molar-refractivity contribution is -0.144. The zero-order valence-electron chi connectivity index (χ0n) is 19.4. The van der Waals surface area contributed by atoms with Gasteiger partial charge in [-0.1, -0.05) is 26.0 Å². The van der Waals surface area contributed by atoms with Crippen LogP contribution in [0.1, 0.15) is 49.1 Å². The second-order valence-electron chi connectivity index (χ2n) is 8.39. The lowest BCUT2D eigenvalue weighted by Crippen LogP contribution is -2.23. The molecular formula is C26H25FN2O4S. The summed E-state index contributed by atoms with van der Waals surface area (Å²) in [5, 5.41) is 2.90. The number of furan rings is 1. The molecule has 0 radical (unpaired) electrons. The molecule has 0 spiro atoms. The van der Waals surface area contributed by atoms with Gasteiger partial charge in [0, 0.05) is 23.3 Å². The van der Waals surface area contributed by atoms with Crippen molar-refractivity contribution in [1.29, 1.82) is 0 Å². The van der Waals surface area contributed by atoms with Crippen LogP contribution in [-0.4, -0.2) is 16.9 Å². The second-order valence-corrected chi connectivity index (χ2v) is 9.22. The number of aromatic nitrogens is 1. The highest BCUT2D eigenvalue weighted by atomic mass is 32.1. The maximum Gasteiger partial charge on any atom is 0.310 e. The number of rotatable bonds is 7. The Morgan fingerprint density at radius 3 is 2.71 bits per heavy atom. The van der Waals surface area contributed by atoms with E-state index in [1.54, 1.807) is 23.8 Å². The third-order valence-electron chi connectivity index (χ3n) is 5.52. The first-order chi connectivity index (χ1) is 16.2. The maximum absolute atomic E-state index is 14.2. The molecule has 4 aromatic rings. The number of carbonyl (C=O) groups excluding carboxylic acids is 2. The number of fused-ring (bicyclic) bond motifs is 1. The highest BCUT2D eigenvalue weighted by molar-refractivity contribution is 7.14. The molecule has 0 aliphatic heterocycles. The highest BCUT2D eigenvalue weighted by Gasteiger charge is 2.21. The van der Waals surface area contributed by atoms with E-state index < -0.39 is 11.8 Å². The Labute approximate surface area is 201 Å². The molecule has 6 nitrogen and oxygen atoms in total. The second kappa shape index (κ2) is 9.77. The topological polar surface area (TPSA) is 72.6 Å². The summed E-state index contributed by atoms with van der Waals surface area (Å²) in [4.78, 5) is 30.3. The van der Waals surface area contributed by atoms with Crippen molar-refractivity contribution in [2.45, 2.75) is 46.6 Å². The predicted molar refractivity (Wildman–Crippen MR) is 130 cm³/mol. The van der Waals surface area contributed by atoms with Crippen LogP contribution in [0.15, 0.2) is 52.5 Å². The van der Waals surface area contributed by atoms with Crippen molar-refractivity contribution >= 4 is 45.0 Å². The molecule has 34 heavy (non-hydrogen) atoms. The van der Waals surface area contributed by atoms with Crippen molar-refractivity contribution in [2.75, 3.05) is 4.90 Å². The fourth-order valence-electron chi connectivity index (χ4n) is 3.87. The van der Waals surface area contributed by atoms with E-state index in [0.717, 1.165) is 22.1 Å². The van der Waals surface area contributed by atoms with Crippen LogP contribution < -0.4 is 4.90 Å². The maximum atomic E-state index is 14.2. The van der Waals surface area contributed by atoms with Gasteiger partial charge >= 0.3 is 5.97 Å². The number of anilines is 2.